The van der Waals surface area contributed by atoms with Crippen molar-refractivity contribution in [2.24, 2.45) is 0 Å². The molecule has 1 fully saturated rings. The number of benzene rings is 2. The summed E-state index contributed by atoms with van der Waals surface area (Å²) in [4.78, 5) is 38.9. The van der Waals surface area contributed by atoms with Crippen LogP contribution in [0, 0.1) is 17.0 Å². The van der Waals surface area contributed by atoms with E-state index in [-0.39, 0.29) is 29.9 Å². The molecule has 1 aliphatic heterocycles. The largest absolute Gasteiger partial charge is 0.493 e. The summed E-state index contributed by atoms with van der Waals surface area (Å²) in [6.07, 6.45) is 4.24. The molecular formula is C31H34N2O7. The lowest BCUT2D eigenvalue weighted by Gasteiger charge is -2.37. The number of hydrogen-bond acceptors (Lipinski definition) is 8. The summed E-state index contributed by atoms with van der Waals surface area (Å²) in [5.41, 5.74) is 4.05. The predicted molar refractivity (Wildman–Crippen MR) is 148 cm³/mol. The van der Waals surface area contributed by atoms with E-state index in [1.807, 2.05) is 18.2 Å². The standard InChI is InChI=1S/C31H34N2O7/c1-17-9-10-20(14-24(17)33(36)37)29-28(31(35)40-22-7-5-6-8-22)18(2)32-23-13-21(15-25(34)30(23)29)19-11-12-26(38-3)27(16-19)39-4/h9-12,14,16,21-22,29,32H,5-8,13,15H2,1-4H3. The number of methoxy groups -OCH3 is 2. The van der Waals surface area contributed by atoms with Gasteiger partial charge >= 0.3 is 5.97 Å². The maximum absolute atomic E-state index is 13.9. The fraction of sp³-hybridized carbons (Fsp3) is 0.419. The SMILES string of the molecule is COc1ccc(C2CC(=O)C3=C(C2)NC(C)=C(C(=O)OC2CCCC2)C3c2ccc(C)c([N+](=O)[O-])c2)cc1OC. The Labute approximate surface area is 233 Å². The predicted octanol–water partition coefficient (Wildman–Crippen LogP) is 5.77. The number of hydrogen-bond donors (Lipinski definition) is 1. The van der Waals surface area contributed by atoms with Crippen LogP contribution in [-0.4, -0.2) is 37.0 Å². The highest BCUT2D eigenvalue weighted by atomic mass is 16.6. The van der Waals surface area contributed by atoms with Crippen molar-refractivity contribution in [3.05, 3.63) is 85.7 Å². The Morgan fingerprint density at radius 1 is 0.975 bits per heavy atom. The summed E-state index contributed by atoms with van der Waals surface area (Å²) in [5.74, 6) is -0.280. The van der Waals surface area contributed by atoms with E-state index in [1.54, 1.807) is 40.2 Å². The number of nitro groups is 1. The topological polar surface area (TPSA) is 117 Å². The Kier molecular flexibility index (Phi) is 7.65. The van der Waals surface area contributed by atoms with Gasteiger partial charge in [0.1, 0.15) is 6.10 Å². The molecule has 0 bridgehead atoms. The number of nitro benzene ring substituents is 1. The Morgan fingerprint density at radius 3 is 2.35 bits per heavy atom. The fourth-order valence-electron chi connectivity index (χ4n) is 6.21. The Bertz CT molecular complexity index is 1440. The number of Topliss-reactive ketones (excluding diaryl/α,β-unsaturated/α-hetero) is 1. The Balaban J connectivity index is 1.57. The van der Waals surface area contributed by atoms with Crippen molar-refractivity contribution < 1.29 is 28.7 Å². The summed E-state index contributed by atoms with van der Waals surface area (Å²) >= 11 is 0. The average Bonchev–Trinajstić information content (AvgIpc) is 3.44. The molecule has 0 amide bonds. The molecule has 210 valence electrons. The van der Waals surface area contributed by atoms with E-state index in [1.165, 1.54) is 6.07 Å². The molecule has 2 aromatic carbocycles. The van der Waals surface area contributed by atoms with Crippen LogP contribution >= 0.6 is 0 Å². The lowest BCUT2D eigenvalue weighted by Crippen LogP contribution is -2.36. The molecule has 2 aliphatic carbocycles. The van der Waals surface area contributed by atoms with Crippen LogP contribution in [0.5, 0.6) is 11.5 Å². The number of rotatable bonds is 7. The number of aryl methyl sites for hydroxylation is 1. The molecule has 1 heterocycles. The number of nitrogens with zero attached hydrogens (tertiary/aromatic N) is 1. The molecule has 0 radical (unpaired) electrons. The summed E-state index contributed by atoms with van der Waals surface area (Å²) in [6.45, 7) is 3.47. The average molecular weight is 547 g/mol. The van der Waals surface area contributed by atoms with Gasteiger partial charge in [0.05, 0.1) is 24.7 Å². The highest BCUT2D eigenvalue weighted by Gasteiger charge is 2.42. The quantitative estimate of drug-likeness (QED) is 0.264. The number of carbonyl (C=O) groups excluding carboxylic acids is 2. The maximum atomic E-state index is 13.9. The second-order valence-electron chi connectivity index (χ2n) is 10.7. The van der Waals surface area contributed by atoms with Crippen LogP contribution in [0.25, 0.3) is 0 Å². The van der Waals surface area contributed by atoms with Crippen molar-refractivity contribution in [2.75, 3.05) is 14.2 Å². The van der Waals surface area contributed by atoms with Gasteiger partial charge < -0.3 is 19.5 Å². The van der Waals surface area contributed by atoms with Gasteiger partial charge in [0.25, 0.3) is 5.69 Å². The first kappa shape index (κ1) is 27.4. The number of dihydropyridines is 1. The molecule has 2 aromatic rings. The minimum absolute atomic E-state index is 0.0502. The molecular weight excluding hydrogens is 512 g/mol. The fourth-order valence-corrected chi connectivity index (χ4v) is 6.21. The van der Waals surface area contributed by atoms with Gasteiger partial charge in [0.15, 0.2) is 17.3 Å². The van der Waals surface area contributed by atoms with E-state index in [4.69, 9.17) is 14.2 Å². The Hall–Kier alpha value is -4.14. The van der Waals surface area contributed by atoms with Gasteiger partial charge in [0.2, 0.25) is 0 Å². The highest BCUT2D eigenvalue weighted by Crippen LogP contribution is 2.47. The lowest BCUT2D eigenvalue weighted by molar-refractivity contribution is -0.385. The summed E-state index contributed by atoms with van der Waals surface area (Å²) in [7, 11) is 3.15. The van der Waals surface area contributed by atoms with Crippen molar-refractivity contribution in [3.8, 4) is 11.5 Å². The highest BCUT2D eigenvalue weighted by molar-refractivity contribution is 6.04. The van der Waals surface area contributed by atoms with E-state index >= 15 is 0 Å². The molecule has 3 aliphatic rings. The van der Waals surface area contributed by atoms with Crippen molar-refractivity contribution in [1.29, 1.82) is 0 Å². The minimum Gasteiger partial charge on any atom is -0.493 e. The molecule has 2 unspecified atom stereocenters. The molecule has 9 heteroatoms. The normalized spacial score (nSPS) is 21.1. The van der Waals surface area contributed by atoms with Gasteiger partial charge in [-0.05, 0) is 75.1 Å². The molecule has 5 rings (SSSR count). The number of carbonyl (C=O) groups is 2. The van der Waals surface area contributed by atoms with Gasteiger partial charge in [-0.2, -0.15) is 0 Å². The third-order valence-corrected chi connectivity index (χ3v) is 8.27. The van der Waals surface area contributed by atoms with Gasteiger partial charge in [-0.25, -0.2) is 4.79 Å². The van der Waals surface area contributed by atoms with Crippen LogP contribution in [0.15, 0.2) is 58.9 Å². The zero-order chi connectivity index (χ0) is 28.6. The molecule has 0 aromatic heterocycles. The number of ether oxygens (including phenoxy) is 3. The molecule has 0 saturated heterocycles. The lowest BCUT2D eigenvalue weighted by atomic mass is 9.71. The van der Waals surface area contributed by atoms with Crippen LogP contribution < -0.4 is 14.8 Å². The van der Waals surface area contributed by atoms with Crippen molar-refractivity contribution in [1.82, 2.24) is 5.32 Å². The molecule has 1 N–H and O–H groups in total. The van der Waals surface area contributed by atoms with E-state index in [0.717, 1.165) is 36.9 Å². The number of allylic oxidation sites excluding steroid dienone is 3. The zero-order valence-corrected chi connectivity index (χ0v) is 23.2. The van der Waals surface area contributed by atoms with Crippen molar-refractivity contribution in [3.63, 3.8) is 0 Å². The molecule has 9 nitrogen and oxygen atoms in total. The van der Waals surface area contributed by atoms with Crippen LogP contribution in [0.4, 0.5) is 5.69 Å². The second kappa shape index (κ2) is 11.2. The van der Waals surface area contributed by atoms with Gasteiger partial charge in [0, 0.05) is 40.9 Å². The van der Waals surface area contributed by atoms with Crippen LogP contribution in [0.3, 0.4) is 0 Å². The molecule has 0 spiro atoms. The van der Waals surface area contributed by atoms with Gasteiger partial charge in [-0.3, -0.25) is 14.9 Å². The minimum atomic E-state index is -0.761. The van der Waals surface area contributed by atoms with Crippen LogP contribution in [0.2, 0.25) is 0 Å². The first-order valence-electron chi connectivity index (χ1n) is 13.6. The zero-order valence-electron chi connectivity index (χ0n) is 23.2. The third-order valence-electron chi connectivity index (χ3n) is 8.27. The monoisotopic (exact) mass is 546 g/mol. The van der Waals surface area contributed by atoms with Gasteiger partial charge in [-0.1, -0.05) is 18.2 Å². The van der Waals surface area contributed by atoms with E-state index in [9.17, 15) is 19.7 Å². The smallest absolute Gasteiger partial charge is 0.337 e. The number of nitrogens with one attached hydrogen (secondary N) is 1. The van der Waals surface area contributed by atoms with Gasteiger partial charge in [-0.15, -0.1) is 0 Å². The van der Waals surface area contributed by atoms with Crippen LogP contribution in [-0.2, 0) is 14.3 Å². The summed E-state index contributed by atoms with van der Waals surface area (Å²) in [6, 6.07) is 10.6. The number of esters is 1. The van der Waals surface area contributed by atoms with Crippen LogP contribution in [0.1, 0.15) is 74.0 Å². The first-order chi connectivity index (χ1) is 19.2. The summed E-state index contributed by atoms with van der Waals surface area (Å²) in [5, 5.41) is 15.2. The van der Waals surface area contributed by atoms with E-state index in [2.05, 4.69) is 5.32 Å². The van der Waals surface area contributed by atoms with Crippen molar-refractivity contribution in [2.45, 2.75) is 70.3 Å². The Morgan fingerprint density at radius 2 is 1.68 bits per heavy atom. The van der Waals surface area contributed by atoms with E-state index in [0.29, 0.717) is 45.9 Å². The maximum Gasteiger partial charge on any atom is 0.337 e. The molecule has 1 saturated carbocycles. The number of ketones is 1. The van der Waals surface area contributed by atoms with E-state index < -0.39 is 16.8 Å². The molecule has 2 atom stereocenters. The molecule has 40 heavy (non-hydrogen) atoms. The summed E-state index contributed by atoms with van der Waals surface area (Å²) < 4.78 is 16.7. The third kappa shape index (κ3) is 5.08. The van der Waals surface area contributed by atoms with Crippen molar-refractivity contribution >= 4 is 17.4 Å². The first-order valence-corrected chi connectivity index (χ1v) is 13.6. The second-order valence-corrected chi connectivity index (χ2v) is 10.7.